The van der Waals surface area contributed by atoms with E-state index in [2.05, 4.69) is 4.98 Å². The summed E-state index contributed by atoms with van der Waals surface area (Å²) in [6.07, 6.45) is 0. The fourth-order valence-electron chi connectivity index (χ4n) is 1.22. The van der Waals surface area contributed by atoms with Gasteiger partial charge >= 0.3 is 0 Å². The van der Waals surface area contributed by atoms with Gasteiger partial charge in [-0.25, -0.2) is 0 Å². The lowest BCUT2D eigenvalue weighted by molar-refractivity contribution is -0.384. The van der Waals surface area contributed by atoms with Crippen LogP contribution < -0.4 is 0 Å². The number of hydrogen-bond donors (Lipinski definition) is 2. The van der Waals surface area contributed by atoms with Crippen LogP contribution in [-0.2, 0) is 0 Å². The molecule has 0 atom stereocenters. The maximum absolute atomic E-state index is 10.4. The summed E-state index contributed by atoms with van der Waals surface area (Å²) >= 11 is 0. The van der Waals surface area contributed by atoms with Gasteiger partial charge in [-0.1, -0.05) is 0 Å². The number of nitro groups is 1. The normalized spacial score (nSPS) is 10.5. The summed E-state index contributed by atoms with van der Waals surface area (Å²) < 4.78 is 0. The zero-order chi connectivity index (χ0) is 9.42. The zero-order valence-electron chi connectivity index (χ0n) is 6.52. The standard InChI is InChI=1S/C8H6N2O3/c11-8-4-5-3-6(10(12)13)1-2-7(5)9-8/h1-4,9,11H. The van der Waals surface area contributed by atoms with Gasteiger partial charge in [0.15, 0.2) is 5.88 Å². The molecule has 0 bridgehead atoms. The second-order valence-corrected chi connectivity index (χ2v) is 2.68. The highest BCUT2D eigenvalue weighted by molar-refractivity contribution is 5.83. The molecule has 13 heavy (non-hydrogen) atoms. The minimum Gasteiger partial charge on any atom is -0.495 e. The summed E-state index contributed by atoms with van der Waals surface area (Å²) in [5.41, 5.74) is 0.703. The van der Waals surface area contributed by atoms with E-state index in [1.807, 2.05) is 0 Å². The molecule has 66 valence electrons. The van der Waals surface area contributed by atoms with Crippen molar-refractivity contribution in [2.24, 2.45) is 0 Å². The molecule has 1 heterocycles. The topological polar surface area (TPSA) is 79.2 Å². The minimum absolute atomic E-state index is 0.00972. The molecule has 5 nitrogen and oxygen atoms in total. The SMILES string of the molecule is O=[N+]([O-])c1ccc2[nH]c(O)cc2c1. The van der Waals surface area contributed by atoms with Gasteiger partial charge in [-0.3, -0.25) is 10.1 Å². The monoisotopic (exact) mass is 178 g/mol. The van der Waals surface area contributed by atoms with Gasteiger partial charge in [-0.05, 0) is 6.07 Å². The van der Waals surface area contributed by atoms with Crippen LogP contribution in [-0.4, -0.2) is 15.0 Å². The summed E-state index contributed by atoms with van der Waals surface area (Å²) in [5, 5.41) is 20.1. The maximum Gasteiger partial charge on any atom is 0.270 e. The molecule has 0 unspecified atom stereocenters. The van der Waals surface area contributed by atoms with Gasteiger partial charge in [0, 0.05) is 29.1 Å². The Kier molecular flexibility index (Phi) is 1.45. The quantitative estimate of drug-likeness (QED) is 0.516. The minimum atomic E-state index is -0.469. The Labute approximate surface area is 72.8 Å². The van der Waals surface area contributed by atoms with Gasteiger partial charge in [0.05, 0.1) is 4.92 Å². The fourth-order valence-corrected chi connectivity index (χ4v) is 1.22. The number of aromatic hydroxyl groups is 1. The van der Waals surface area contributed by atoms with Crippen LogP contribution in [0.1, 0.15) is 0 Å². The lowest BCUT2D eigenvalue weighted by atomic mass is 10.2. The Bertz CT molecular complexity index is 475. The van der Waals surface area contributed by atoms with Gasteiger partial charge in [-0.15, -0.1) is 0 Å². The summed E-state index contributed by atoms with van der Waals surface area (Å²) in [5.74, 6) is 0.00972. The summed E-state index contributed by atoms with van der Waals surface area (Å²) in [4.78, 5) is 12.6. The Morgan fingerprint density at radius 1 is 1.38 bits per heavy atom. The predicted octanol–water partition coefficient (Wildman–Crippen LogP) is 1.78. The highest BCUT2D eigenvalue weighted by Gasteiger charge is 2.07. The molecule has 0 saturated carbocycles. The first-order chi connectivity index (χ1) is 6.16. The molecule has 0 amide bonds. The molecule has 2 N–H and O–H groups in total. The van der Waals surface area contributed by atoms with Crippen LogP contribution in [0, 0.1) is 10.1 Å². The molecule has 1 aromatic heterocycles. The average molecular weight is 178 g/mol. The highest BCUT2D eigenvalue weighted by atomic mass is 16.6. The van der Waals surface area contributed by atoms with Gasteiger partial charge in [0.1, 0.15) is 0 Å². The van der Waals surface area contributed by atoms with E-state index in [-0.39, 0.29) is 11.6 Å². The third-order valence-electron chi connectivity index (χ3n) is 1.80. The Hall–Kier alpha value is -2.04. The van der Waals surface area contributed by atoms with E-state index in [9.17, 15) is 10.1 Å². The second kappa shape index (κ2) is 2.48. The molecule has 0 aliphatic heterocycles. The second-order valence-electron chi connectivity index (χ2n) is 2.68. The molecule has 0 radical (unpaired) electrons. The Morgan fingerprint density at radius 3 is 2.85 bits per heavy atom. The largest absolute Gasteiger partial charge is 0.495 e. The van der Waals surface area contributed by atoms with E-state index in [1.165, 1.54) is 18.2 Å². The number of nitrogens with one attached hydrogen (secondary N) is 1. The number of H-pyrrole nitrogens is 1. The van der Waals surface area contributed by atoms with E-state index in [1.54, 1.807) is 6.07 Å². The summed E-state index contributed by atoms with van der Waals surface area (Å²) in [6.45, 7) is 0. The lowest BCUT2D eigenvalue weighted by Gasteiger charge is -1.90. The maximum atomic E-state index is 10.4. The van der Waals surface area contributed by atoms with E-state index in [0.29, 0.717) is 10.9 Å². The number of aromatic amines is 1. The van der Waals surface area contributed by atoms with Crippen LogP contribution in [0.5, 0.6) is 5.88 Å². The number of nitro benzene ring substituents is 1. The van der Waals surface area contributed by atoms with Gasteiger partial charge in [0.25, 0.3) is 5.69 Å². The lowest BCUT2D eigenvalue weighted by Crippen LogP contribution is -1.86. The van der Waals surface area contributed by atoms with Crippen LogP contribution >= 0.6 is 0 Å². The number of benzene rings is 1. The van der Waals surface area contributed by atoms with E-state index in [0.717, 1.165) is 0 Å². The highest BCUT2D eigenvalue weighted by Crippen LogP contribution is 2.23. The molecule has 0 fully saturated rings. The molecule has 0 saturated heterocycles. The first-order valence-corrected chi connectivity index (χ1v) is 3.63. The first kappa shape index (κ1) is 7.60. The number of non-ortho nitro benzene ring substituents is 1. The number of aromatic nitrogens is 1. The van der Waals surface area contributed by atoms with Crippen molar-refractivity contribution in [2.75, 3.05) is 0 Å². The average Bonchev–Trinajstić information content (AvgIpc) is 2.42. The molecule has 2 aromatic rings. The van der Waals surface area contributed by atoms with Crippen LogP contribution in [0.4, 0.5) is 5.69 Å². The third kappa shape index (κ3) is 1.20. The molecule has 2 rings (SSSR count). The van der Waals surface area contributed by atoms with Crippen molar-refractivity contribution in [2.45, 2.75) is 0 Å². The number of rotatable bonds is 1. The molecule has 0 aliphatic carbocycles. The van der Waals surface area contributed by atoms with Crippen molar-refractivity contribution in [3.05, 3.63) is 34.4 Å². The van der Waals surface area contributed by atoms with Gasteiger partial charge < -0.3 is 10.1 Å². The van der Waals surface area contributed by atoms with Crippen LogP contribution in [0.15, 0.2) is 24.3 Å². The van der Waals surface area contributed by atoms with Crippen LogP contribution in [0.3, 0.4) is 0 Å². The number of nitrogens with zero attached hydrogens (tertiary/aromatic N) is 1. The van der Waals surface area contributed by atoms with Crippen molar-refractivity contribution in [3.8, 4) is 5.88 Å². The van der Waals surface area contributed by atoms with Gasteiger partial charge in [-0.2, -0.15) is 0 Å². The van der Waals surface area contributed by atoms with Crippen molar-refractivity contribution in [1.29, 1.82) is 0 Å². The third-order valence-corrected chi connectivity index (χ3v) is 1.80. The fraction of sp³-hybridized carbons (Fsp3) is 0. The van der Waals surface area contributed by atoms with E-state index < -0.39 is 4.92 Å². The van der Waals surface area contributed by atoms with Crippen molar-refractivity contribution < 1.29 is 10.0 Å². The van der Waals surface area contributed by atoms with Crippen molar-refractivity contribution in [3.63, 3.8) is 0 Å². The zero-order valence-corrected chi connectivity index (χ0v) is 6.52. The molecule has 0 aliphatic rings. The van der Waals surface area contributed by atoms with E-state index in [4.69, 9.17) is 5.11 Å². The number of hydrogen-bond acceptors (Lipinski definition) is 3. The Balaban J connectivity index is 2.67. The molecule has 0 spiro atoms. The van der Waals surface area contributed by atoms with Crippen LogP contribution in [0.2, 0.25) is 0 Å². The van der Waals surface area contributed by atoms with E-state index >= 15 is 0 Å². The molecular weight excluding hydrogens is 172 g/mol. The number of fused-ring (bicyclic) bond motifs is 1. The smallest absolute Gasteiger partial charge is 0.270 e. The van der Waals surface area contributed by atoms with Gasteiger partial charge in [0.2, 0.25) is 0 Å². The summed E-state index contributed by atoms with van der Waals surface area (Å²) in [6, 6.07) is 5.80. The Morgan fingerprint density at radius 2 is 2.15 bits per heavy atom. The molecule has 1 aromatic carbocycles. The molecular formula is C8H6N2O3. The molecule has 5 heteroatoms. The van der Waals surface area contributed by atoms with Crippen LogP contribution in [0.25, 0.3) is 10.9 Å². The first-order valence-electron chi connectivity index (χ1n) is 3.63. The summed E-state index contributed by atoms with van der Waals surface area (Å²) in [7, 11) is 0. The predicted molar refractivity (Wildman–Crippen MR) is 46.6 cm³/mol. The van der Waals surface area contributed by atoms with Crippen molar-refractivity contribution in [1.82, 2.24) is 4.98 Å². The van der Waals surface area contributed by atoms with Crippen molar-refractivity contribution >= 4 is 16.6 Å².